The molecule has 0 aliphatic carbocycles. The summed E-state index contributed by atoms with van der Waals surface area (Å²) in [5.41, 5.74) is 3.94. The third kappa shape index (κ3) is 3.71. The van der Waals surface area contributed by atoms with Crippen molar-refractivity contribution in [2.45, 2.75) is 25.7 Å². The van der Waals surface area contributed by atoms with Crippen LogP contribution in [0.5, 0.6) is 0 Å². The summed E-state index contributed by atoms with van der Waals surface area (Å²) in [5, 5.41) is 8.76. The Morgan fingerprint density at radius 1 is 0.722 bits per heavy atom. The Kier molecular flexibility index (Phi) is 4.98. The summed E-state index contributed by atoms with van der Waals surface area (Å²) in [4.78, 5) is 0. The van der Waals surface area contributed by atoms with Gasteiger partial charge < -0.3 is 5.11 Å². The molecule has 0 saturated heterocycles. The maximum atomic E-state index is 8.76. The third-order valence-corrected chi connectivity index (χ3v) is 3.16. The fraction of sp³-hybridized carbons (Fsp3) is 0.294. The van der Waals surface area contributed by atoms with Crippen molar-refractivity contribution >= 4 is 0 Å². The van der Waals surface area contributed by atoms with E-state index in [-0.39, 0.29) is 0 Å². The van der Waals surface area contributed by atoms with Crippen molar-refractivity contribution in [3.8, 4) is 11.1 Å². The lowest BCUT2D eigenvalue weighted by Crippen LogP contribution is -1.89. The topological polar surface area (TPSA) is 20.2 Å². The van der Waals surface area contributed by atoms with Crippen LogP contribution >= 0.6 is 0 Å². The van der Waals surface area contributed by atoms with Gasteiger partial charge in [0, 0.05) is 6.61 Å². The van der Waals surface area contributed by atoms with E-state index >= 15 is 0 Å². The summed E-state index contributed by atoms with van der Waals surface area (Å²) in [6, 6.07) is 19.2. The molecule has 0 unspecified atom stereocenters. The number of benzene rings is 2. The van der Waals surface area contributed by atoms with Crippen molar-refractivity contribution in [1.29, 1.82) is 0 Å². The van der Waals surface area contributed by atoms with E-state index in [0.717, 1.165) is 25.7 Å². The number of aliphatic hydroxyl groups is 1. The van der Waals surface area contributed by atoms with Crippen LogP contribution in [0.15, 0.2) is 54.6 Å². The van der Waals surface area contributed by atoms with Crippen LogP contribution in [0.1, 0.15) is 24.8 Å². The highest BCUT2D eigenvalue weighted by Gasteiger charge is 1.99. The van der Waals surface area contributed by atoms with Crippen LogP contribution in [0.25, 0.3) is 11.1 Å². The molecule has 2 aromatic rings. The van der Waals surface area contributed by atoms with Gasteiger partial charge in [-0.3, -0.25) is 0 Å². The summed E-state index contributed by atoms with van der Waals surface area (Å²) >= 11 is 0. The highest BCUT2D eigenvalue weighted by molar-refractivity contribution is 5.63. The fourth-order valence-electron chi connectivity index (χ4n) is 2.15. The van der Waals surface area contributed by atoms with Crippen molar-refractivity contribution in [3.63, 3.8) is 0 Å². The second kappa shape index (κ2) is 6.97. The van der Waals surface area contributed by atoms with Gasteiger partial charge in [0.15, 0.2) is 0 Å². The molecule has 0 aromatic heterocycles. The maximum absolute atomic E-state index is 8.76. The molecular formula is C17H20O. The van der Waals surface area contributed by atoms with E-state index in [1.54, 1.807) is 0 Å². The van der Waals surface area contributed by atoms with Crippen molar-refractivity contribution in [3.05, 3.63) is 60.2 Å². The van der Waals surface area contributed by atoms with Crippen LogP contribution in [0.4, 0.5) is 0 Å². The van der Waals surface area contributed by atoms with Gasteiger partial charge in [0.1, 0.15) is 0 Å². The second-order valence-corrected chi connectivity index (χ2v) is 4.60. The first kappa shape index (κ1) is 12.8. The lowest BCUT2D eigenvalue weighted by Gasteiger charge is -2.05. The summed E-state index contributed by atoms with van der Waals surface area (Å²) in [6.07, 6.45) is 4.27. The lowest BCUT2D eigenvalue weighted by molar-refractivity contribution is 0.283. The number of unbranched alkanes of at least 4 members (excludes halogenated alkanes) is 2. The molecule has 18 heavy (non-hydrogen) atoms. The Labute approximate surface area is 109 Å². The van der Waals surface area contributed by atoms with Gasteiger partial charge in [-0.25, -0.2) is 0 Å². The van der Waals surface area contributed by atoms with E-state index in [4.69, 9.17) is 5.11 Å². The molecule has 0 bridgehead atoms. The first-order valence-corrected chi connectivity index (χ1v) is 6.65. The Morgan fingerprint density at radius 3 is 2.28 bits per heavy atom. The van der Waals surface area contributed by atoms with E-state index < -0.39 is 0 Å². The Bertz CT molecular complexity index is 462. The zero-order valence-electron chi connectivity index (χ0n) is 10.7. The van der Waals surface area contributed by atoms with E-state index in [1.807, 2.05) is 6.07 Å². The number of aryl methyl sites for hydroxylation is 1. The van der Waals surface area contributed by atoms with Gasteiger partial charge in [0.05, 0.1) is 0 Å². The van der Waals surface area contributed by atoms with Crippen LogP contribution in [-0.4, -0.2) is 11.7 Å². The minimum Gasteiger partial charge on any atom is -0.396 e. The fourth-order valence-corrected chi connectivity index (χ4v) is 2.15. The summed E-state index contributed by atoms with van der Waals surface area (Å²) < 4.78 is 0. The van der Waals surface area contributed by atoms with Gasteiger partial charge in [-0.2, -0.15) is 0 Å². The van der Waals surface area contributed by atoms with Gasteiger partial charge in [-0.05, 0) is 36.0 Å². The van der Waals surface area contributed by atoms with Crippen LogP contribution in [0, 0.1) is 0 Å². The molecule has 2 rings (SSSR count). The predicted molar refractivity (Wildman–Crippen MR) is 76.5 cm³/mol. The first-order chi connectivity index (χ1) is 8.90. The largest absolute Gasteiger partial charge is 0.396 e. The smallest absolute Gasteiger partial charge is 0.0431 e. The molecule has 1 nitrogen and oxygen atoms in total. The number of hydrogen-bond acceptors (Lipinski definition) is 1. The predicted octanol–water partition coefficient (Wildman–Crippen LogP) is 4.06. The molecule has 94 valence electrons. The summed E-state index contributed by atoms with van der Waals surface area (Å²) in [7, 11) is 0. The van der Waals surface area contributed by atoms with E-state index in [1.165, 1.54) is 16.7 Å². The van der Waals surface area contributed by atoms with Crippen LogP contribution in [0.2, 0.25) is 0 Å². The van der Waals surface area contributed by atoms with E-state index in [2.05, 4.69) is 48.5 Å². The molecule has 0 fully saturated rings. The quantitative estimate of drug-likeness (QED) is 0.755. The van der Waals surface area contributed by atoms with E-state index in [9.17, 15) is 0 Å². The standard InChI is InChI=1S/C17H20O/c18-13-6-2-3-8-15-9-7-12-17(14-15)16-10-4-1-5-11-16/h1,4-5,7,9-12,14,18H,2-3,6,8,13H2. The van der Waals surface area contributed by atoms with Crippen LogP contribution in [0.3, 0.4) is 0 Å². The average molecular weight is 240 g/mol. The zero-order chi connectivity index (χ0) is 12.6. The van der Waals surface area contributed by atoms with Crippen molar-refractivity contribution < 1.29 is 5.11 Å². The van der Waals surface area contributed by atoms with Crippen molar-refractivity contribution in [2.24, 2.45) is 0 Å². The molecule has 0 saturated carbocycles. The second-order valence-electron chi connectivity index (χ2n) is 4.60. The summed E-state index contributed by atoms with van der Waals surface area (Å²) in [6.45, 7) is 0.310. The van der Waals surface area contributed by atoms with Gasteiger partial charge in [-0.1, -0.05) is 61.0 Å². The maximum Gasteiger partial charge on any atom is 0.0431 e. The van der Waals surface area contributed by atoms with Gasteiger partial charge in [-0.15, -0.1) is 0 Å². The first-order valence-electron chi connectivity index (χ1n) is 6.65. The molecule has 0 aliphatic rings. The van der Waals surface area contributed by atoms with Crippen molar-refractivity contribution in [1.82, 2.24) is 0 Å². The monoisotopic (exact) mass is 240 g/mol. The Hall–Kier alpha value is -1.60. The van der Waals surface area contributed by atoms with Gasteiger partial charge in [0.25, 0.3) is 0 Å². The molecule has 2 aromatic carbocycles. The molecule has 1 N–H and O–H groups in total. The minimum atomic E-state index is 0.310. The minimum absolute atomic E-state index is 0.310. The highest BCUT2D eigenvalue weighted by Crippen LogP contribution is 2.20. The zero-order valence-corrected chi connectivity index (χ0v) is 10.7. The number of hydrogen-bond donors (Lipinski definition) is 1. The van der Waals surface area contributed by atoms with Gasteiger partial charge in [0.2, 0.25) is 0 Å². The molecule has 0 spiro atoms. The van der Waals surface area contributed by atoms with E-state index in [0.29, 0.717) is 6.61 Å². The SMILES string of the molecule is OCCCCCc1cccc(-c2ccccc2)c1. The lowest BCUT2D eigenvalue weighted by atomic mass is 10.0. The van der Waals surface area contributed by atoms with Crippen LogP contribution < -0.4 is 0 Å². The molecular weight excluding hydrogens is 220 g/mol. The van der Waals surface area contributed by atoms with Gasteiger partial charge >= 0.3 is 0 Å². The summed E-state index contributed by atoms with van der Waals surface area (Å²) in [5.74, 6) is 0. The highest BCUT2D eigenvalue weighted by atomic mass is 16.2. The van der Waals surface area contributed by atoms with Crippen LogP contribution in [-0.2, 0) is 6.42 Å². The number of aliphatic hydroxyl groups excluding tert-OH is 1. The average Bonchev–Trinajstić information content (AvgIpc) is 2.45. The number of rotatable bonds is 6. The van der Waals surface area contributed by atoms with Crippen molar-refractivity contribution in [2.75, 3.05) is 6.61 Å². The third-order valence-electron chi connectivity index (χ3n) is 3.16. The molecule has 0 amide bonds. The molecule has 0 heterocycles. The molecule has 1 heteroatoms. The Balaban J connectivity index is 2.02. The normalized spacial score (nSPS) is 10.5. The molecule has 0 aliphatic heterocycles. The molecule has 0 atom stereocenters. The Morgan fingerprint density at radius 2 is 1.50 bits per heavy atom. The molecule has 0 radical (unpaired) electrons.